The van der Waals surface area contributed by atoms with Crippen molar-refractivity contribution in [3.05, 3.63) is 59.1 Å². The molecule has 26 heavy (non-hydrogen) atoms. The maximum absolute atomic E-state index is 12.6. The van der Waals surface area contributed by atoms with Gasteiger partial charge in [-0.05, 0) is 36.6 Å². The lowest BCUT2D eigenvalue weighted by Crippen LogP contribution is -2.33. The molecule has 0 radical (unpaired) electrons. The number of carbonyl (C=O) groups excluding carboxylic acids is 1. The minimum atomic E-state index is -0.0937. The lowest BCUT2D eigenvalue weighted by Gasteiger charge is -2.23. The Morgan fingerprint density at radius 3 is 2.54 bits per heavy atom. The van der Waals surface area contributed by atoms with Crippen LogP contribution in [-0.4, -0.2) is 29.4 Å². The highest BCUT2D eigenvalue weighted by Gasteiger charge is 2.21. The molecule has 0 aliphatic heterocycles. The summed E-state index contributed by atoms with van der Waals surface area (Å²) in [4.78, 5) is 19.0. The van der Waals surface area contributed by atoms with Gasteiger partial charge in [0.15, 0.2) is 6.61 Å². The number of aromatic nitrogens is 1. The number of thiazole rings is 1. The van der Waals surface area contributed by atoms with Gasteiger partial charge in [-0.3, -0.25) is 4.79 Å². The average molecular weight is 369 g/mol. The van der Waals surface area contributed by atoms with Gasteiger partial charge in [-0.1, -0.05) is 44.2 Å². The van der Waals surface area contributed by atoms with Gasteiger partial charge in [0.2, 0.25) is 0 Å². The van der Waals surface area contributed by atoms with Crippen molar-refractivity contribution in [3.63, 3.8) is 0 Å². The summed E-state index contributed by atoms with van der Waals surface area (Å²) in [6, 6.07) is 15.8. The van der Waals surface area contributed by atoms with Gasteiger partial charge in [0.25, 0.3) is 5.91 Å². The summed E-state index contributed by atoms with van der Waals surface area (Å²) >= 11 is 1.63. The molecular weight excluding hydrogens is 344 g/mol. The molecule has 0 aliphatic rings. The van der Waals surface area contributed by atoms with Crippen LogP contribution in [0.15, 0.2) is 48.5 Å². The number of carbonyl (C=O) groups is 1. The first-order chi connectivity index (χ1) is 12.5. The van der Waals surface area contributed by atoms with Gasteiger partial charge in [-0.15, -0.1) is 11.3 Å². The molecule has 1 atom stereocenters. The molecule has 3 rings (SSSR count). The highest BCUT2D eigenvalue weighted by molar-refractivity contribution is 7.18. The minimum Gasteiger partial charge on any atom is -0.483 e. The van der Waals surface area contributed by atoms with Crippen molar-refractivity contribution in [2.45, 2.75) is 32.7 Å². The third kappa shape index (κ3) is 3.88. The van der Waals surface area contributed by atoms with Crippen molar-refractivity contribution in [1.29, 1.82) is 0 Å². The van der Waals surface area contributed by atoms with Crippen LogP contribution in [0.4, 0.5) is 0 Å². The van der Waals surface area contributed by atoms with E-state index in [0.29, 0.717) is 5.92 Å². The summed E-state index contributed by atoms with van der Waals surface area (Å²) in [6.07, 6.45) is 0. The number of ether oxygens (including phenoxy) is 1. The van der Waals surface area contributed by atoms with Gasteiger partial charge in [0, 0.05) is 7.05 Å². The topological polar surface area (TPSA) is 42.4 Å². The van der Waals surface area contributed by atoms with E-state index in [2.05, 4.69) is 24.9 Å². The molecule has 0 fully saturated rings. The Balaban J connectivity index is 1.67. The van der Waals surface area contributed by atoms with E-state index in [1.807, 2.05) is 49.4 Å². The zero-order valence-electron chi connectivity index (χ0n) is 15.6. The number of para-hydroxylation sites is 2. The highest BCUT2D eigenvalue weighted by Crippen LogP contribution is 2.29. The summed E-state index contributed by atoms with van der Waals surface area (Å²) in [5.41, 5.74) is 2.09. The van der Waals surface area contributed by atoms with Crippen LogP contribution in [0.2, 0.25) is 0 Å². The second-order valence-electron chi connectivity index (χ2n) is 6.68. The lowest BCUT2D eigenvalue weighted by atomic mass is 10.0. The zero-order valence-corrected chi connectivity index (χ0v) is 16.4. The molecule has 0 N–H and O–H groups in total. The second kappa shape index (κ2) is 7.87. The number of nitrogens with zero attached hydrogens (tertiary/aromatic N) is 2. The van der Waals surface area contributed by atoms with Gasteiger partial charge in [0.1, 0.15) is 10.8 Å². The Labute approximate surface area is 158 Å². The van der Waals surface area contributed by atoms with Gasteiger partial charge in [-0.25, -0.2) is 4.98 Å². The van der Waals surface area contributed by atoms with Crippen LogP contribution in [0.25, 0.3) is 10.2 Å². The predicted molar refractivity (Wildman–Crippen MR) is 107 cm³/mol. The molecule has 0 aliphatic carbocycles. The Morgan fingerprint density at radius 1 is 1.12 bits per heavy atom. The number of benzene rings is 2. The maximum atomic E-state index is 12.6. The molecule has 0 unspecified atom stereocenters. The molecule has 136 valence electrons. The van der Waals surface area contributed by atoms with Gasteiger partial charge in [-0.2, -0.15) is 0 Å². The number of hydrogen-bond donors (Lipinski definition) is 0. The fourth-order valence-corrected chi connectivity index (χ4v) is 3.84. The largest absolute Gasteiger partial charge is 0.483 e. The molecule has 1 aromatic heterocycles. The zero-order chi connectivity index (χ0) is 18.7. The first-order valence-corrected chi connectivity index (χ1v) is 9.62. The third-order valence-corrected chi connectivity index (χ3v) is 5.74. The lowest BCUT2D eigenvalue weighted by molar-refractivity contribution is -0.134. The fraction of sp³-hybridized carbons (Fsp3) is 0.333. The van der Waals surface area contributed by atoms with E-state index in [0.717, 1.165) is 26.5 Å². The van der Waals surface area contributed by atoms with E-state index in [1.54, 1.807) is 23.3 Å². The summed E-state index contributed by atoms with van der Waals surface area (Å²) in [6.45, 7) is 6.25. The van der Waals surface area contributed by atoms with Crippen LogP contribution < -0.4 is 4.74 Å². The molecule has 2 aromatic carbocycles. The molecule has 5 heteroatoms. The molecule has 0 bridgehead atoms. The summed E-state index contributed by atoms with van der Waals surface area (Å²) < 4.78 is 6.95. The smallest absolute Gasteiger partial charge is 0.260 e. The molecule has 3 aromatic rings. The standard InChI is InChI=1S/C21H24N2O2S/c1-14(2)16-9-5-7-11-18(16)25-13-20(24)23(4)15(3)21-22-17-10-6-8-12-19(17)26-21/h5-12,14-15H,13H2,1-4H3/t15-/m1/s1. The van der Waals surface area contributed by atoms with Crippen LogP contribution in [0.5, 0.6) is 5.75 Å². The number of rotatable bonds is 6. The van der Waals surface area contributed by atoms with E-state index < -0.39 is 0 Å². The van der Waals surface area contributed by atoms with E-state index in [-0.39, 0.29) is 18.6 Å². The van der Waals surface area contributed by atoms with E-state index >= 15 is 0 Å². The van der Waals surface area contributed by atoms with Crippen LogP contribution in [-0.2, 0) is 4.79 Å². The molecule has 1 heterocycles. The predicted octanol–water partition coefficient (Wildman–Crippen LogP) is 5.02. The Hall–Kier alpha value is -2.40. The first kappa shape index (κ1) is 18.4. The monoisotopic (exact) mass is 368 g/mol. The summed E-state index contributed by atoms with van der Waals surface area (Å²) in [7, 11) is 1.80. The van der Waals surface area contributed by atoms with Crippen molar-refractivity contribution < 1.29 is 9.53 Å². The number of hydrogen-bond acceptors (Lipinski definition) is 4. The Morgan fingerprint density at radius 2 is 1.81 bits per heavy atom. The van der Waals surface area contributed by atoms with Crippen molar-refractivity contribution in [2.24, 2.45) is 0 Å². The highest BCUT2D eigenvalue weighted by atomic mass is 32.1. The van der Waals surface area contributed by atoms with Crippen molar-refractivity contribution in [1.82, 2.24) is 9.88 Å². The van der Waals surface area contributed by atoms with Gasteiger partial charge in [0.05, 0.1) is 16.3 Å². The number of amides is 1. The SMILES string of the molecule is CC(C)c1ccccc1OCC(=O)N(C)[C@H](C)c1nc2ccccc2s1. The minimum absolute atomic E-state index is 0.0233. The van der Waals surface area contributed by atoms with Crippen molar-refractivity contribution in [3.8, 4) is 5.75 Å². The summed E-state index contributed by atoms with van der Waals surface area (Å²) in [5, 5.41) is 0.935. The normalized spacial score (nSPS) is 12.3. The van der Waals surface area contributed by atoms with Crippen LogP contribution in [0, 0.1) is 0 Å². The molecule has 0 saturated carbocycles. The van der Waals surface area contributed by atoms with E-state index in [1.165, 1.54) is 0 Å². The molecule has 0 spiro atoms. The first-order valence-electron chi connectivity index (χ1n) is 8.80. The third-order valence-electron chi connectivity index (χ3n) is 4.53. The molecule has 1 amide bonds. The second-order valence-corrected chi connectivity index (χ2v) is 7.74. The molecular formula is C21H24N2O2S. The maximum Gasteiger partial charge on any atom is 0.260 e. The van der Waals surface area contributed by atoms with E-state index in [4.69, 9.17) is 4.74 Å². The van der Waals surface area contributed by atoms with Gasteiger partial charge < -0.3 is 9.64 Å². The average Bonchev–Trinajstić information content (AvgIpc) is 3.09. The number of likely N-dealkylation sites (N-methyl/N-ethyl adjacent to an activating group) is 1. The van der Waals surface area contributed by atoms with Crippen LogP contribution >= 0.6 is 11.3 Å². The van der Waals surface area contributed by atoms with Crippen molar-refractivity contribution >= 4 is 27.5 Å². The Bertz CT molecular complexity index is 871. The van der Waals surface area contributed by atoms with E-state index in [9.17, 15) is 4.79 Å². The van der Waals surface area contributed by atoms with Gasteiger partial charge >= 0.3 is 0 Å². The Kier molecular flexibility index (Phi) is 5.57. The molecule has 4 nitrogen and oxygen atoms in total. The molecule has 0 saturated heterocycles. The quantitative estimate of drug-likeness (QED) is 0.614. The van der Waals surface area contributed by atoms with Crippen molar-refractivity contribution in [2.75, 3.05) is 13.7 Å². The number of fused-ring (bicyclic) bond motifs is 1. The fourth-order valence-electron chi connectivity index (χ4n) is 2.78. The summed E-state index contributed by atoms with van der Waals surface area (Å²) in [5.74, 6) is 1.06. The van der Waals surface area contributed by atoms with Crippen LogP contribution in [0.3, 0.4) is 0 Å². The van der Waals surface area contributed by atoms with Crippen LogP contribution in [0.1, 0.15) is 43.3 Å².